The van der Waals surface area contributed by atoms with E-state index >= 15 is 0 Å². The second-order valence-electron chi connectivity index (χ2n) is 4.85. The molecular formula is C14H19N3O. The van der Waals surface area contributed by atoms with Crippen LogP contribution in [0.5, 0.6) is 5.75 Å². The molecule has 1 aromatic carbocycles. The van der Waals surface area contributed by atoms with Crippen LogP contribution in [-0.2, 0) is 0 Å². The molecule has 0 aliphatic carbocycles. The molecule has 1 aliphatic rings. The molecule has 4 heteroatoms. The van der Waals surface area contributed by atoms with Gasteiger partial charge in [0.2, 0.25) is 0 Å². The Kier molecular flexibility index (Phi) is 3.73. The van der Waals surface area contributed by atoms with Crippen molar-refractivity contribution in [2.75, 3.05) is 39.2 Å². The molecule has 0 N–H and O–H groups in total. The number of ether oxygens (including phenoxy) is 1. The summed E-state index contributed by atoms with van der Waals surface area (Å²) >= 11 is 0. The number of rotatable bonds is 3. The first-order valence-electron chi connectivity index (χ1n) is 6.15. The van der Waals surface area contributed by atoms with E-state index in [1.165, 1.54) is 0 Å². The van der Waals surface area contributed by atoms with E-state index in [2.05, 4.69) is 30.0 Å². The molecule has 1 aromatic rings. The average Bonchev–Trinajstić information content (AvgIpc) is 2.87. The summed E-state index contributed by atoms with van der Waals surface area (Å²) in [4.78, 5) is 4.51. The summed E-state index contributed by atoms with van der Waals surface area (Å²) in [5.74, 6) is 0.803. The number of hydrogen-bond acceptors (Lipinski definition) is 4. The molecule has 0 aromatic heterocycles. The van der Waals surface area contributed by atoms with E-state index in [0.29, 0.717) is 6.04 Å². The maximum Gasteiger partial charge on any atom is 0.121 e. The predicted octanol–water partition coefficient (Wildman–Crippen LogP) is 1.71. The fourth-order valence-electron chi connectivity index (χ4n) is 2.38. The van der Waals surface area contributed by atoms with Crippen molar-refractivity contribution in [1.29, 1.82) is 5.26 Å². The normalized spacial score (nSPS) is 19.1. The van der Waals surface area contributed by atoms with Crippen molar-refractivity contribution < 1.29 is 4.74 Å². The van der Waals surface area contributed by atoms with Gasteiger partial charge < -0.3 is 14.5 Å². The van der Waals surface area contributed by atoms with Crippen molar-refractivity contribution in [2.24, 2.45) is 0 Å². The molecule has 0 radical (unpaired) electrons. The lowest BCUT2D eigenvalue weighted by molar-refractivity contribution is 0.315. The molecule has 1 heterocycles. The molecule has 1 fully saturated rings. The summed E-state index contributed by atoms with van der Waals surface area (Å²) in [6.07, 6.45) is 1.13. The van der Waals surface area contributed by atoms with Gasteiger partial charge in [-0.25, -0.2) is 0 Å². The highest BCUT2D eigenvalue weighted by Gasteiger charge is 2.25. The minimum Gasteiger partial charge on any atom is -0.497 e. The standard InChI is InChI=1S/C14H19N3O/c1-16(2)12-6-7-17(10-12)14-8-13(18-3)5-4-11(14)9-15/h4-5,8,12H,6-7,10H2,1-3H3. The average molecular weight is 245 g/mol. The van der Waals surface area contributed by atoms with Crippen molar-refractivity contribution in [3.05, 3.63) is 23.8 Å². The lowest BCUT2D eigenvalue weighted by Gasteiger charge is -2.23. The Hall–Kier alpha value is -1.73. The highest BCUT2D eigenvalue weighted by molar-refractivity contribution is 5.62. The Balaban J connectivity index is 2.25. The monoisotopic (exact) mass is 245 g/mol. The van der Waals surface area contributed by atoms with Gasteiger partial charge in [0.1, 0.15) is 11.8 Å². The van der Waals surface area contributed by atoms with E-state index in [-0.39, 0.29) is 0 Å². The second kappa shape index (κ2) is 5.28. The summed E-state index contributed by atoms with van der Waals surface area (Å²) in [6.45, 7) is 1.96. The summed E-state index contributed by atoms with van der Waals surface area (Å²) in [5, 5.41) is 9.19. The van der Waals surface area contributed by atoms with Crippen LogP contribution in [0.25, 0.3) is 0 Å². The van der Waals surface area contributed by atoms with Crippen LogP contribution in [0.2, 0.25) is 0 Å². The van der Waals surface area contributed by atoms with Gasteiger partial charge in [-0.2, -0.15) is 5.26 Å². The van der Waals surface area contributed by atoms with Crippen LogP contribution in [0.1, 0.15) is 12.0 Å². The summed E-state index contributed by atoms with van der Waals surface area (Å²) in [6, 6.07) is 8.44. The number of benzene rings is 1. The first-order chi connectivity index (χ1) is 8.65. The lowest BCUT2D eigenvalue weighted by Crippen LogP contribution is -2.31. The van der Waals surface area contributed by atoms with Crippen molar-refractivity contribution in [3.8, 4) is 11.8 Å². The van der Waals surface area contributed by atoms with Gasteiger partial charge in [0.25, 0.3) is 0 Å². The molecular weight excluding hydrogens is 226 g/mol. The van der Waals surface area contributed by atoms with Gasteiger partial charge in [-0.15, -0.1) is 0 Å². The minimum absolute atomic E-state index is 0.558. The first kappa shape index (κ1) is 12.7. The van der Waals surface area contributed by atoms with Crippen LogP contribution >= 0.6 is 0 Å². The number of hydrogen-bond donors (Lipinski definition) is 0. The van der Waals surface area contributed by atoms with E-state index in [4.69, 9.17) is 4.74 Å². The van der Waals surface area contributed by atoms with Gasteiger partial charge in [0.15, 0.2) is 0 Å². The maximum atomic E-state index is 9.19. The molecule has 0 saturated carbocycles. The van der Waals surface area contributed by atoms with Crippen LogP contribution in [0.4, 0.5) is 5.69 Å². The zero-order chi connectivity index (χ0) is 13.1. The minimum atomic E-state index is 0.558. The van der Waals surface area contributed by atoms with Crippen molar-refractivity contribution >= 4 is 5.69 Å². The number of anilines is 1. The Labute approximate surface area is 108 Å². The molecule has 2 rings (SSSR count). The third kappa shape index (κ3) is 2.41. The molecule has 0 bridgehead atoms. The summed E-state index contributed by atoms with van der Waals surface area (Å²) in [7, 11) is 5.85. The molecule has 1 atom stereocenters. The van der Waals surface area contributed by atoms with E-state index in [1.54, 1.807) is 7.11 Å². The molecule has 0 spiro atoms. The van der Waals surface area contributed by atoms with Gasteiger partial charge in [-0.05, 0) is 32.6 Å². The Morgan fingerprint density at radius 1 is 1.44 bits per heavy atom. The molecule has 4 nitrogen and oxygen atoms in total. The van der Waals surface area contributed by atoms with E-state index in [1.807, 2.05) is 18.2 Å². The van der Waals surface area contributed by atoms with Gasteiger partial charge in [-0.1, -0.05) is 0 Å². The first-order valence-corrected chi connectivity index (χ1v) is 6.15. The van der Waals surface area contributed by atoms with Gasteiger partial charge in [0, 0.05) is 25.2 Å². The fraction of sp³-hybridized carbons (Fsp3) is 0.500. The lowest BCUT2D eigenvalue weighted by atomic mass is 10.1. The third-order valence-electron chi connectivity index (χ3n) is 3.56. The van der Waals surface area contributed by atoms with Crippen molar-refractivity contribution in [1.82, 2.24) is 4.90 Å². The Morgan fingerprint density at radius 3 is 2.78 bits per heavy atom. The Morgan fingerprint density at radius 2 is 2.22 bits per heavy atom. The molecule has 18 heavy (non-hydrogen) atoms. The second-order valence-corrected chi connectivity index (χ2v) is 4.85. The number of nitrogens with zero attached hydrogens (tertiary/aromatic N) is 3. The largest absolute Gasteiger partial charge is 0.497 e. The molecule has 1 aliphatic heterocycles. The SMILES string of the molecule is COc1ccc(C#N)c(N2CCC(N(C)C)C2)c1. The zero-order valence-electron chi connectivity index (χ0n) is 11.2. The number of likely N-dealkylation sites (N-methyl/N-ethyl adjacent to an activating group) is 1. The zero-order valence-corrected chi connectivity index (χ0v) is 11.2. The van der Waals surface area contributed by atoms with Gasteiger partial charge in [-0.3, -0.25) is 0 Å². The van der Waals surface area contributed by atoms with Gasteiger partial charge >= 0.3 is 0 Å². The van der Waals surface area contributed by atoms with Crippen LogP contribution < -0.4 is 9.64 Å². The molecule has 1 unspecified atom stereocenters. The molecule has 0 amide bonds. The quantitative estimate of drug-likeness (QED) is 0.812. The summed E-state index contributed by atoms with van der Waals surface area (Å²) in [5.41, 5.74) is 1.71. The molecule has 96 valence electrons. The van der Waals surface area contributed by atoms with E-state index in [9.17, 15) is 5.26 Å². The third-order valence-corrected chi connectivity index (χ3v) is 3.56. The van der Waals surface area contributed by atoms with Crippen LogP contribution in [-0.4, -0.2) is 45.2 Å². The topological polar surface area (TPSA) is 39.5 Å². The van der Waals surface area contributed by atoms with E-state index < -0.39 is 0 Å². The van der Waals surface area contributed by atoms with Gasteiger partial charge in [0.05, 0.1) is 18.4 Å². The molecule has 1 saturated heterocycles. The van der Waals surface area contributed by atoms with Crippen molar-refractivity contribution in [3.63, 3.8) is 0 Å². The fourth-order valence-corrected chi connectivity index (χ4v) is 2.38. The number of methoxy groups -OCH3 is 1. The maximum absolute atomic E-state index is 9.19. The number of nitriles is 1. The van der Waals surface area contributed by atoms with Crippen LogP contribution in [0.15, 0.2) is 18.2 Å². The van der Waals surface area contributed by atoms with Crippen LogP contribution in [0, 0.1) is 11.3 Å². The highest BCUT2D eigenvalue weighted by atomic mass is 16.5. The predicted molar refractivity (Wildman–Crippen MR) is 72.0 cm³/mol. The smallest absolute Gasteiger partial charge is 0.121 e. The highest BCUT2D eigenvalue weighted by Crippen LogP contribution is 2.29. The summed E-state index contributed by atoms with van der Waals surface area (Å²) < 4.78 is 5.24. The van der Waals surface area contributed by atoms with Crippen LogP contribution in [0.3, 0.4) is 0 Å². The van der Waals surface area contributed by atoms with E-state index in [0.717, 1.165) is 36.5 Å². The van der Waals surface area contributed by atoms with Crippen molar-refractivity contribution in [2.45, 2.75) is 12.5 Å². The Bertz CT molecular complexity index is 465.